The topological polar surface area (TPSA) is 90.5 Å². The zero-order valence-corrected chi connectivity index (χ0v) is 14.1. The molecule has 4 rings (SSSR count). The molecule has 24 heavy (non-hydrogen) atoms. The standard InChI is InChI=1S/C15H14N6O2S/c1-19-10-11(20(2)15(23)21(3)12(10)22)18-14(19)24-13-16-8-6-4-5-7-9(8)17-13/h4-7H,1-3H3,(H,16,17). The average molecular weight is 342 g/mol. The highest BCUT2D eigenvalue weighted by Gasteiger charge is 2.18. The van der Waals surface area contributed by atoms with Gasteiger partial charge >= 0.3 is 5.69 Å². The Balaban J connectivity index is 1.90. The lowest BCUT2D eigenvalue weighted by Gasteiger charge is -2.03. The fourth-order valence-electron chi connectivity index (χ4n) is 2.65. The Kier molecular flexibility index (Phi) is 3.14. The zero-order chi connectivity index (χ0) is 17.0. The first-order valence-corrected chi connectivity index (χ1v) is 8.04. The minimum Gasteiger partial charge on any atom is -0.333 e. The second-order valence-electron chi connectivity index (χ2n) is 5.49. The Bertz CT molecular complexity index is 1180. The zero-order valence-electron chi connectivity index (χ0n) is 13.3. The van der Waals surface area contributed by atoms with Crippen molar-refractivity contribution < 1.29 is 0 Å². The van der Waals surface area contributed by atoms with Crippen LogP contribution in [-0.2, 0) is 21.1 Å². The summed E-state index contributed by atoms with van der Waals surface area (Å²) in [5.74, 6) is 0. The van der Waals surface area contributed by atoms with Gasteiger partial charge in [-0.15, -0.1) is 0 Å². The third-order valence-corrected chi connectivity index (χ3v) is 4.92. The number of benzene rings is 1. The molecule has 8 nitrogen and oxygen atoms in total. The molecule has 4 aromatic rings. The monoisotopic (exact) mass is 342 g/mol. The molecule has 0 amide bonds. The number of nitrogens with zero attached hydrogens (tertiary/aromatic N) is 5. The molecule has 3 aromatic heterocycles. The normalized spacial score (nSPS) is 11.6. The highest BCUT2D eigenvalue weighted by atomic mass is 32.2. The van der Waals surface area contributed by atoms with Crippen LogP contribution in [0.15, 0.2) is 44.2 Å². The summed E-state index contributed by atoms with van der Waals surface area (Å²) in [6, 6.07) is 7.72. The minimum absolute atomic E-state index is 0.362. The summed E-state index contributed by atoms with van der Waals surface area (Å²) in [6.45, 7) is 0. The quantitative estimate of drug-likeness (QED) is 0.587. The number of rotatable bonds is 2. The van der Waals surface area contributed by atoms with E-state index >= 15 is 0 Å². The molecule has 0 bridgehead atoms. The molecule has 0 fully saturated rings. The van der Waals surface area contributed by atoms with Gasteiger partial charge in [0.05, 0.1) is 11.0 Å². The minimum atomic E-state index is -0.397. The van der Waals surface area contributed by atoms with Crippen molar-refractivity contribution in [2.75, 3.05) is 0 Å². The molecule has 9 heteroatoms. The van der Waals surface area contributed by atoms with E-state index in [1.165, 1.54) is 23.4 Å². The first-order chi connectivity index (χ1) is 11.5. The van der Waals surface area contributed by atoms with Crippen molar-refractivity contribution in [1.29, 1.82) is 0 Å². The maximum absolute atomic E-state index is 12.4. The van der Waals surface area contributed by atoms with Gasteiger partial charge in [-0.1, -0.05) is 12.1 Å². The highest BCUT2D eigenvalue weighted by Crippen LogP contribution is 2.27. The number of H-pyrrole nitrogens is 1. The van der Waals surface area contributed by atoms with E-state index in [0.717, 1.165) is 15.6 Å². The summed E-state index contributed by atoms with van der Waals surface area (Å²) in [6.07, 6.45) is 0. The molecule has 0 unspecified atom stereocenters. The molecule has 122 valence electrons. The largest absolute Gasteiger partial charge is 0.333 e. The summed E-state index contributed by atoms with van der Waals surface area (Å²) in [5, 5.41) is 1.26. The van der Waals surface area contributed by atoms with Crippen LogP contribution in [0.4, 0.5) is 0 Å². The van der Waals surface area contributed by atoms with E-state index in [1.54, 1.807) is 18.7 Å². The van der Waals surface area contributed by atoms with E-state index < -0.39 is 5.69 Å². The van der Waals surface area contributed by atoms with Crippen molar-refractivity contribution in [3.8, 4) is 0 Å². The third-order valence-electron chi connectivity index (χ3n) is 3.99. The van der Waals surface area contributed by atoms with Gasteiger partial charge in [0.1, 0.15) is 0 Å². The Hall–Kier alpha value is -2.81. The SMILES string of the molecule is Cn1c(=O)c2c(nc(Sc3nc4ccccc4[nH]3)n2C)n(C)c1=O. The van der Waals surface area contributed by atoms with Gasteiger partial charge in [0.15, 0.2) is 21.5 Å². The van der Waals surface area contributed by atoms with Crippen molar-refractivity contribution in [3.63, 3.8) is 0 Å². The molecule has 1 aromatic carbocycles. The van der Waals surface area contributed by atoms with Crippen LogP contribution >= 0.6 is 11.8 Å². The lowest BCUT2D eigenvalue weighted by molar-refractivity contribution is 0.705. The Morgan fingerprint density at radius 1 is 1.00 bits per heavy atom. The number of imidazole rings is 2. The van der Waals surface area contributed by atoms with E-state index in [9.17, 15) is 9.59 Å². The summed E-state index contributed by atoms with van der Waals surface area (Å²) in [4.78, 5) is 36.6. The average Bonchev–Trinajstić information content (AvgIpc) is 3.12. The van der Waals surface area contributed by atoms with Gasteiger partial charge < -0.3 is 9.55 Å². The maximum Gasteiger partial charge on any atom is 0.332 e. The van der Waals surface area contributed by atoms with E-state index in [1.807, 2.05) is 24.3 Å². The predicted molar refractivity (Wildman–Crippen MR) is 91.4 cm³/mol. The maximum atomic E-state index is 12.4. The lowest BCUT2D eigenvalue weighted by Crippen LogP contribution is -2.37. The van der Waals surface area contributed by atoms with Gasteiger partial charge in [0.25, 0.3) is 5.56 Å². The molecule has 0 atom stereocenters. The number of para-hydroxylation sites is 2. The smallest absolute Gasteiger partial charge is 0.332 e. The van der Waals surface area contributed by atoms with Crippen molar-refractivity contribution in [2.24, 2.45) is 21.1 Å². The predicted octanol–water partition coefficient (Wildman–Crippen LogP) is 0.998. The van der Waals surface area contributed by atoms with E-state index in [-0.39, 0.29) is 5.56 Å². The fourth-order valence-corrected chi connectivity index (χ4v) is 3.49. The molecule has 0 saturated carbocycles. The van der Waals surface area contributed by atoms with Crippen LogP contribution in [0.5, 0.6) is 0 Å². The van der Waals surface area contributed by atoms with Crippen molar-refractivity contribution in [2.45, 2.75) is 10.3 Å². The van der Waals surface area contributed by atoms with Gasteiger partial charge in [-0.2, -0.15) is 0 Å². The van der Waals surface area contributed by atoms with Crippen LogP contribution in [0.2, 0.25) is 0 Å². The van der Waals surface area contributed by atoms with E-state index in [0.29, 0.717) is 21.5 Å². The first kappa shape index (κ1) is 14.8. The van der Waals surface area contributed by atoms with Crippen LogP contribution < -0.4 is 11.2 Å². The molecule has 1 N–H and O–H groups in total. The molecule has 0 aliphatic carbocycles. The van der Waals surface area contributed by atoms with Crippen LogP contribution in [0.1, 0.15) is 0 Å². The number of hydrogen-bond donors (Lipinski definition) is 1. The lowest BCUT2D eigenvalue weighted by atomic mass is 10.3. The number of nitrogens with one attached hydrogen (secondary N) is 1. The summed E-state index contributed by atoms with van der Waals surface area (Å²) < 4.78 is 4.15. The van der Waals surface area contributed by atoms with Gasteiger partial charge in [0.2, 0.25) is 0 Å². The van der Waals surface area contributed by atoms with Gasteiger partial charge in [0, 0.05) is 21.1 Å². The van der Waals surface area contributed by atoms with Crippen LogP contribution in [0.25, 0.3) is 22.2 Å². The molecule has 0 saturated heterocycles. The molecule has 3 heterocycles. The first-order valence-electron chi connectivity index (χ1n) is 7.22. The van der Waals surface area contributed by atoms with Crippen LogP contribution in [-0.4, -0.2) is 28.7 Å². The number of hydrogen-bond acceptors (Lipinski definition) is 5. The Morgan fingerprint density at radius 2 is 1.75 bits per heavy atom. The number of aromatic nitrogens is 6. The molecular formula is C15H14N6O2S. The summed E-state index contributed by atoms with van der Waals surface area (Å²) in [5.41, 5.74) is 1.79. The van der Waals surface area contributed by atoms with Gasteiger partial charge in [-0.05, 0) is 23.9 Å². The number of aryl methyl sites for hydroxylation is 2. The van der Waals surface area contributed by atoms with Gasteiger partial charge in [-0.25, -0.2) is 14.8 Å². The molecule has 0 aliphatic rings. The fraction of sp³-hybridized carbons (Fsp3) is 0.200. The number of aromatic amines is 1. The van der Waals surface area contributed by atoms with Crippen LogP contribution in [0, 0.1) is 0 Å². The second-order valence-corrected chi connectivity index (χ2v) is 6.45. The Labute approximate surface area is 139 Å². The van der Waals surface area contributed by atoms with Crippen molar-refractivity contribution >= 4 is 34.0 Å². The number of fused-ring (bicyclic) bond motifs is 2. The molecule has 0 radical (unpaired) electrons. The third kappa shape index (κ3) is 2.01. The molecule has 0 spiro atoms. The van der Waals surface area contributed by atoms with Crippen molar-refractivity contribution in [3.05, 3.63) is 45.1 Å². The van der Waals surface area contributed by atoms with E-state index in [4.69, 9.17) is 0 Å². The molecule has 0 aliphatic heterocycles. The molecular weight excluding hydrogens is 328 g/mol. The highest BCUT2D eigenvalue weighted by molar-refractivity contribution is 7.99. The second kappa shape index (κ2) is 5.10. The van der Waals surface area contributed by atoms with Crippen molar-refractivity contribution in [1.82, 2.24) is 28.7 Å². The van der Waals surface area contributed by atoms with Crippen LogP contribution in [0.3, 0.4) is 0 Å². The summed E-state index contributed by atoms with van der Waals surface area (Å²) >= 11 is 1.32. The summed E-state index contributed by atoms with van der Waals surface area (Å²) in [7, 11) is 4.82. The Morgan fingerprint density at radius 3 is 2.50 bits per heavy atom. The van der Waals surface area contributed by atoms with Gasteiger partial charge in [-0.3, -0.25) is 13.9 Å². The van der Waals surface area contributed by atoms with E-state index in [2.05, 4.69) is 15.0 Å².